The van der Waals surface area contributed by atoms with Crippen molar-refractivity contribution in [1.82, 2.24) is 9.80 Å². The van der Waals surface area contributed by atoms with Gasteiger partial charge in [-0.05, 0) is 44.6 Å². The number of fused-ring (bicyclic) bond motifs is 1. The highest BCUT2D eigenvalue weighted by Crippen LogP contribution is 2.32. The fourth-order valence-electron chi connectivity index (χ4n) is 3.46. The molecule has 0 saturated carbocycles. The number of halogens is 1. The first-order valence-corrected chi connectivity index (χ1v) is 8.56. The van der Waals surface area contributed by atoms with Gasteiger partial charge in [-0.2, -0.15) is 0 Å². The summed E-state index contributed by atoms with van der Waals surface area (Å²) in [6.07, 6.45) is 1.53. The van der Waals surface area contributed by atoms with Gasteiger partial charge in [0.15, 0.2) is 0 Å². The Bertz CT molecular complexity index is 697. The molecule has 1 unspecified atom stereocenters. The van der Waals surface area contributed by atoms with E-state index in [9.17, 15) is 4.79 Å². The van der Waals surface area contributed by atoms with Crippen LogP contribution < -0.4 is 0 Å². The van der Waals surface area contributed by atoms with Crippen LogP contribution >= 0.6 is 12.4 Å². The molecule has 1 aliphatic rings. The van der Waals surface area contributed by atoms with E-state index < -0.39 is 0 Å². The van der Waals surface area contributed by atoms with Gasteiger partial charge in [0.2, 0.25) is 0 Å². The zero-order chi connectivity index (χ0) is 17.1. The van der Waals surface area contributed by atoms with Crippen LogP contribution in [0.1, 0.15) is 42.0 Å². The van der Waals surface area contributed by atoms with E-state index in [1.165, 1.54) is 11.1 Å². The van der Waals surface area contributed by atoms with Gasteiger partial charge in [-0.3, -0.25) is 9.69 Å². The molecule has 0 amide bonds. The Morgan fingerprint density at radius 2 is 2.00 bits per heavy atom. The predicted molar refractivity (Wildman–Crippen MR) is 102 cm³/mol. The van der Waals surface area contributed by atoms with Crippen molar-refractivity contribution in [3.8, 4) is 0 Å². The maximum absolute atomic E-state index is 11.8. The molecule has 1 aromatic heterocycles. The monoisotopic (exact) mass is 362 g/mol. The van der Waals surface area contributed by atoms with Gasteiger partial charge in [-0.1, -0.05) is 30.3 Å². The van der Waals surface area contributed by atoms with Gasteiger partial charge in [0, 0.05) is 19.0 Å². The van der Waals surface area contributed by atoms with Crippen molar-refractivity contribution in [2.24, 2.45) is 0 Å². The molecule has 2 heterocycles. The Labute approximate surface area is 156 Å². The molecule has 0 N–H and O–H groups in total. The standard InChI is InChI=1S/C20H26N2O2.ClH/c1-15(23)11-19(16-7-5-4-6-8-16)22-10-9-17-12-18(13-21(2)3)24-20(17)14-22;/h4-8,12,19H,9-11,13-14H2,1-3H3;1H. The maximum Gasteiger partial charge on any atom is 0.131 e. The van der Waals surface area contributed by atoms with Crippen molar-refractivity contribution >= 4 is 18.2 Å². The molecular weight excluding hydrogens is 336 g/mol. The van der Waals surface area contributed by atoms with Gasteiger partial charge < -0.3 is 9.32 Å². The highest BCUT2D eigenvalue weighted by Gasteiger charge is 2.28. The van der Waals surface area contributed by atoms with Crippen molar-refractivity contribution < 1.29 is 9.21 Å². The zero-order valence-electron chi connectivity index (χ0n) is 15.2. The Kier molecular flexibility index (Phi) is 6.82. The van der Waals surface area contributed by atoms with E-state index in [1.54, 1.807) is 6.92 Å². The van der Waals surface area contributed by atoms with Crippen LogP contribution in [0, 0.1) is 0 Å². The molecule has 0 fully saturated rings. The first-order chi connectivity index (χ1) is 11.5. The molecule has 0 bridgehead atoms. The van der Waals surface area contributed by atoms with E-state index in [4.69, 9.17) is 4.42 Å². The van der Waals surface area contributed by atoms with Gasteiger partial charge in [0.05, 0.1) is 13.1 Å². The SMILES string of the molecule is CC(=O)CC(c1ccccc1)N1CCc2cc(CN(C)C)oc2C1.Cl. The van der Waals surface area contributed by atoms with E-state index in [0.717, 1.165) is 37.6 Å². The molecule has 25 heavy (non-hydrogen) atoms. The summed E-state index contributed by atoms with van der Waals surface area (Å²) in [7, 11) is 4.10. The minimum atomic E-state index is 0. The number of nitrogens with zero attached hydrogens (tertiary/aromatic N) is 2. The summed E-state index contributed by atoms with van der Waals surface area (Å²) in [5, 5.41) is 0. The van der Waals surface area contributed by atoms with Gasteiger partial charge in [0.1, 0.15) is 17.3 Å². The fraction of sp³-hybridized carbons (Fsp3) is 0.450. The zero-order valence-corrected chi connectivity index (χ0v) is 16.0. The number of hydrogen-bond donors (Lipinski definition) is 0. The third-order valence-corrected chi connectivity index (χ3v) is 4.54. The smallest absolute Gasteiger partial charge is 0.131 e. The summed E-state index contributed by atoms with van der Waals surface area (Å²) in [6.45, 7) is 4.23. The quantitative estimate of drug-likeness (QED) is 0.782. The lowest BCUT2D eigenvalue weighted by Gasteiger charge is -2.33. The van der Waals surface area contributed by atoms with Gasteiger partial charge in [0.25, 0.3) is 0 Å². The summed E-state index contributed by atoms with van der Waals surface area (Å²) in [6, 6.07) is 12.6. The van der Waals surface area contributed by atoms with Crippen molar-refractivity contribution in [3.05, 3.63) is 59.0 Å². The second-order valence-electron chi connectivity index (χ2n) is 6.95. The van der Waals surface area contributed by atoms with Crippen LogP contribution in [0.15, 0.2) is 40.8 Å². The Balaban J connectivity index is 0.00000225. The van der Waals surface area contributed by atoms with Crippen LogP contribution in [0.4, 0.5) is 0 Å². The summed E-state index contributed by atoms with van der Waals surface area (Å²) in [4.78, 5) is 16.3. The molecule has 0 radical (unpaired) electrons. The minimum absolute atomic E-state index is 0. The van der Waals surface area contributed by atoms with E-state index in [0.29, 0.717) is 6.42 Å². The van der Waals surface area contributed by atoms with Gasteiger partial charge in [-0.15, -0.1) is 12.4 Å². The Morgan fingerprint density at radius 3 is 2.64 bits per heavy atom. The van der Waals surface area contributed by atoms with Crippen molar-refractivity contribution in [2.75, 3.05) is 20.6 Å². The first-order valence-electron chi connectivity index (χ1n) is 8.56. The van der Waals surface area contributed by atoms with Gasteiger partial charge in [-0.25, -0.2) is 0 Å². The second-order valence-corrected chi connectivity index (χ2v) is 6.95. The molecule has 1 aromatic carbocycles. The average molecular weight is 363 g/mol. The molecule has 4 nitrogen and oxygen atoms in total. The number of carbonyl (C=O) groups excluding carboxylic acids is 1. The van der Waals surface area contributed by atoms with Crippen molar-refractivity contribution in [1.29, 1.82) is 0 Å². The lowest BCUT2D eigenvalue weighted by Crippen LogP contribution is -2.34. The number of carbonyl (C=O) groups is 1. The van der Waals surface area contributed by atoms with Crippen LogP contribution in [0.2, 0.25) is 0 Å². The minimum Gasteiger partial charge on any atom is -0.463 e. The summed E-state index contributed by atoms with van der Waals surface area (Å²) >= 11 is 0. The third kappa shape index (κ3) is 4.94. The largest absolute Gasteiger partial charge is 0.463 e. The number of Topliss-reactive ketones (excluding diaryl/α,β-unsaturated/α-hetero) is 1. The fourth-order valence-corrected chi connectivity index (χ4v) is 3.46. The molecular formula is C20H27ClN2O2. The Hall–Kier alpha value is -1.62. The third-order valence-electron chi connectivity index (χ3n) is 4.54. The maximum atomic E-state index is 11.8. The van der Waals surface area contributed by atoms with E-state index >= 15 is 0 Å². The van der Waals surface area contributed by atoms with Gasteiger partial charge >= 0.3 is 0 Å². The number of benzene rings is 1. The molecule has 5 heteroatoms. The summed E-state index contributed by atoms with van der Waals surface area (Å²) < 4.78 is 6.07. The molecule has 1 aliphatic heterocycles. The second kappa shape index (κ2) is 8.65. The van der Waals surface area contributed by atoms with Crippen LogP contribution in [-0.4, -0.2) is 36.2 Å². The molecule has 2 aromatic rings. The molecule has 1 atom stereocenters. The predicted octanol–water partition coefficient (Wildman–Crippen LogP) is 3.84. The first kappa shape index (κ1) is 19.7. The average Bonchev–Trinajstić information content (AvgIpc) is 2.93. The molecule has 0 saturated heterocycles. The number of rotatable bonds is 6. The lowest BCUT2D eigenvalue weighted by atomic mass is 9.97. The highest BCUT2D eigenvalue weighted by molar-refractivity contribution is 5.85. The van der Waals surface area contributed by atoms with E-state index in [2.05, 4.69) is 28.0 Å². The normalized spacial score (nSPS) is 15.5. The topological polar surface area (TPSA) is 36.7 Å². The van der Waals surface area contributed by atoms with E-state index in [1.807, 2.05) is 32.3 Å². The number of furan rings is 1. The summed E-state index contributed by atoms with van der Waals surface area (Å²) in [5.74, 6) is 2.31. The number of hydrogen-bond acceptors (Lipinski definition) is 4. The van der Waals surface area contributed by atoms with Crippen molar-refractivity contribution in [3.63, 3.8) is 0 Å². The number of ketones is 1. The van der Waals surface area contributed by atoms with E-state index in [-0.39, 0.29) is 24.2 Å². The van der Waals surface area contributed by atoms with Crippen molar-refractivity contribution in [2.45, 2.75) is 38.9 Å². The molecule has 3 rings (SSSR count). The Morgan fingerprint density at radius 1 is 1.28 bits per heavy atom. The summed E-state index contributed by atoms with van der Waals surface area (Å²) in [5.41, 5.74) is 2.52. The highest BCUT2D eigenvalue weighted by atomic mass is 35.5. The molecule has 136 valence electrons. The van der Waals surface area contributed by atoms with Crippen LogP contribution in [-0.2, 0) is 24.3 Å². The molecule has 0 aliphatic carbocycles. The van der Waals surface area contributed by atoms with Crippen LogP contribution in [0.5, 0.6) is 0 Å². The lowest BCUT2D eigenvalue weighted by molar-refractivity contribution is -0.118. The van der Waals surface area contributed by atoms with Crippen LogP contribution in [0.3, 0.4) is 0 Å². The molecule has 0 spiro atoms. The van der Waals surface area contributed by atoms with Crippen LogP contribution in [0.25, 0.3) is 0 Å².